The number of carbonyl (C=O) groups is 1. The summed E-state index contributed by atoms with van der Waals surface area (Å²) in [7, 11) is 1.71. The highest BCUT2D eigenvalue weighted by Crippen LogP contribution is 2.24. The zero-order valence-electron chi connectivity index (χ0n) is 18.8. The van der Waals surface area contributed by atoms with Gasteiger partial charge in [0.25, 0.3) is 17.9 Å². The third kappa shape index (κ3) is 5.34. The third-order valence-corrected chi connectivity index (χ3v) is 6.26. The van der Waals surface area contributed by atoms with Crippen molar-refractivity contribution in [3.05, 3.63) is 63.7 Å². The van der Waals surface area contributed by atoms with Gasteiger partial charge >= 0.3 is 0 Å². The first kappa shape index (κ1) is 24.0. The van der Waals surface area contributed by atoms with E-state index in [2.05, 4.69) is 15.5 Å². The van der Waals surface area contributed by atoms with Crippen molar-refractivity contribution in [2.45, 2.75) is 31.7 Å². The number of aromatic nitrogens is 4. The normalized spacial score (nSPS) is 16.1. The first-order valence-electron chi connectivity index (χ1n) is 10.9. The second-order valence-electron chi connectivity index (χ2n) is 8.75. The molecule has 1 aromatic carbocycles. The molecule has 0 aliphatic carbocycles. The lowest BCUT2D eigenvalue weighted by Gasteiger charge is -2.39. The molecule has 8 nitrogen and oxygen atoms in total. The predicted octanol–water partition coefficient (Wildman–Crippen LogP) is 3.14. The van der Waals surface area contributed by atoms with Crippen LogP contribution in [0.25, 0.3) is 16.9 Å². The SMILES string of the molecule is Cn1cc(-n2nc(-c3ccc(Cl)cc3)cc(C(=O)NC3(C)CCN(CC(F)F)CC3)c2=O)cn1. The number of amides is 1. The van der Waals surface area contributed by atoms with Crippen molar-refractivity contribution in [1.82, 2.24) is 29.8 Å². The van der Waals surface area contributed by atoms with Crippen LogP contribution in [0.15, 0.2) is 47.5 Å². The van der Waals surface area contributed by atoms with Crippen LogP contribution in [-0.2, 0) is 7.05 Å². The van der Waals surface area contributed by atoms with Crippen molar-refractivity contribution in [3.63, 3.8) is 0 Å². The van der Waals surface area contributed by atoms with Crippen molar-refractivity contribution in [1.29, 1.82) is 0 Å². The van der Waals surface area contributed by atoms with Gasteiger partial charge in [-0.05, 0) is 38.0 Å². The van der Waals surface area contributed by atoms with Crippen LogP contribution >= 0.6 is 11.6 Å². The van der Waals surface area contributed by atoms with Crippen LogP contribution in [0, 0.1) is 0 Å². The first-order valence-corrected chi connectivity index (χ1v) is 11.2. The number of piperidine rings is 1. The molecule has 1 saturated heterocycles. The summed E-state index contributed by atoms with van der Waals surface area (Å²) in [6.45, 7) is 2.46. The third-order valence-electron chi connectivity index (χ3n) is 6.00. The van der Waals surface area contributed by atoms with Crippen molar-refractivity contribution in [3.8, 4) is 16.9 Å². The summed E-state index contributed by atoms with van der Waals surface area (Å²) in [6, 6.07) is 8.37. The zero-order chi connectivity index (χ0) is 24.5. The van der Waals surface area contributed by atoms with Gasteiger partial charge in [-0.15, -0.1) is 0 Å². The molecule has 0 unspecified atom stereocenters. The fourth-order valence-corrected chi connectivity index (χ4v) is 4.13. The lowest BCUT2D eigenvalue weighted by Crippen LogP contribution is -2.54. The smallest absolute Gasteiger partial charge is 0.284 e. The summed E-state index contributed by atoms with van der Waals surface area (Å²) in [5, 5.41) is 12.1. The maximum Gasteiger partial charge on any atom is 0.284 e. The van der Waals surface area contributed by atoms with E-state index in [1.807, 2.05) is 6.92 Å². The fourth-order valence-electron chi connectivity index (χ4n) is 4.00. The number of aryl methyl sites for hydroxylation is 1. The van der Waals surface area contributed by atoms with Crippen molar-refractivity contribution in [2.24, 2.45) is 7.05 Å². The fraction of sp³-hybridized carbons (Fsp3) is 0.391. The van der Waals surface area contributed by atoms with Crippen molar-refractivity contribution < 1.29 is 13.6 Å². The van der Waals surface area contributed by atoms with Crippen LogP contribution in [0.5, 0.6) is 0 Å². The maximum atomic E-state index is 13.3. The highest BCUT2D eigenvalue weighted by molar-refractivity contribution is 6.30. The molecular weight excluding hydrogens is 466 g/mol. The van der Waals surface area contributed by atoms with Gasteiger partial charge in [-0.25, -0.2) is 8.78 Å². The van der Waals surface area contributed by atoms with E-state index in [1.54, 1.807) is 42.4 Å². The molecule has 4 rings (SSSR count). The number of carbonyl (C=O) groups excluding carboxylic acids is 1. The van der Waals surface area contributed by atoms with Gasteiger partial charge in [0.2, 0.25) is 0 Å². The van der Waals surface area contributed by atoms with Crippen LogP contribution in [-0.4, -0.2) is 62.0 Å². The molecule has 3 heterocycles. The van der Waals surface area contributed by atoms with Gasteiger partial charge in [0, 0.05) is 36.3 Å². The molecule has 1 aliphatic rings. The van der Waals surface area contributed by atoms with Gasteiger partial charge in [0.1, 0.15) is 11.3 Å². The number of likely N-dealkylation sites (tertiary alicyclic amines) is 1. The predicted molar refractivity (Wildman–Crippen MR) is 125 cm³/mol. The molecule has 0 radical (unpaired) electrons. The van der Waals surface area contributed by atoms with Gasteiger partial charge < -0.3 is 5.32 Å². The second-order valence-corrected chi connectivity index (χ2v) is 9.18. The summed E-state index contributed by atoms with van der Waals surface area (Å²) in [4.78, 5) is 28.2. The van der Waals surface area contributed by atoms with Crippen molar-refractivity contribution >= 4 is 17.5 Å². The van der Waals surface area contributed by atoms with E-state index < -0.39 is 23.4 Å². The van der Waals surface area contributed by atoms with Crippen LogP contribution in [0.1, 0.15) is 30.1 Å². The Balaban J connectivity index is 1.66. The standard InChI is InChI=1S/C23H25ClF2N6O2/c1-23(7-9-31(10-8-23)14-20(25)26)28-21(33)18-11-19(15-3-5-16(24)6-4-15)29-32(22(18)34)17-12-27-30(2)13-17/h3-6,11-13,20H,7-10,14H2,1-2H3,(H,28,33). The van der Waals surface area contributed by atoms with Crippen molar-refractivity contribution in [2.75, 3.05) is 19.6 Å². The quantitative estimate of drug-likeness (QED) is 0.574. The summed E-state index contributed by atoms with van der Waals surface area (Å²) in [5.41, 5.74) is 0.251. The Morgan fingerprint density at radius 1 is 1.24 bits per heavy atom. The number of hydrogen-bond donors (Lipinski definition) is 1. The van der Waals surface area contributed by atoms with Crippen LogP contribution in [0.2, 0.25) is 5.02 Å². The minimum absolute atomic E-state index is 0.0694. The molecule has 1 fully saturated rings. The lowest BCUT2D eigenvalue weighted by molar-refractivity contribution is 0.0560. The highest BCUT2D eigenvalue weighted by Gasteiger charge is 2.33. The van der Waals surface area contributed by atoms with E-state index in [4.69, 9.17) is 11.6 Å². The average Bonchev–Trinajstić information content (AvgIpc) is 3.22. The Hall–Kier alpha value is -3.11. The van der Waals surface area contributed by atoms with Crippen LogP contribution in [0.4, 0.5) is 8.78 Å². The molecule has 3 aromatic rings. The number of nitrogens with zero attached hydrogens (tertiary/aromatic N) is 5. The number of nitrogens with one attached hydrogen (secondary N) is 1. The van der Waals surface area contributed by atoms with E-state index in [9.17, 15) is 18.4 Å². The summed E-state index contributed by atoms with van der Waals surface area (Å²) >= 11 is 6.00. The number of rotatable bonds is 6. The topological polar surface area (TPSA) is 85.0 Å². The minimum atomic E-state index is -2.40. The van der Waals surface area contributed by atoms with E-state index in [0.29, 0.717) is 47.9 Å². The molecular formula is C23H25ClF2N6O2. The molecule has 1 N–H and O–H groups in total. The number of hydrogen-bond acceptors (Lipinski definition) is 5. The average molecular weight is 491 g/mol. The Morgan fingerprint density at radius 2 is 1.91 bits per heavy atom. The molecule has 1 amide bonds. The molecule has 11 heteroatoms. The first-order chi connectivity index (χ1) is 16.1. The maximum absolute atomic E-state index is 13.3. The molecule has 0 saturated carbocycles. The van der Waals surface area contributed by atoms with Gasteiger partial charge in [-0.1, -0.05) is 23.7 Å². The number of alkyl halides is 2. The minimum Gasteiger partial charge on any atom is -0.347 e. The highest BCUT2D eigenvalue weighted by atomic mass is 35.5. The van der Waals surface area contributed by atoms with Gasteiger partial charge in [-0.3, -0.25) is 19.2 Å². The molecule has 2 aromatic heterocycles. The van der Waals surface area contributed by atoms with Crippen LogP contribution < -0.4 is 10.9 Å². The second kappa shape index (κ2) is 9.63. The molecule has 0 bridgehead atoms. The lowest BCUT2D eigenvalue weighted by atomic mass is 9.89. The molecule has 0 atom stereocenters. The molecule has 1 aliphatic heterocycles. The van der Waals surface area contributed by atoms with Gasteiger partial charge in [-0.2, -0.15) is 14.9 Å². The van der Waals surface area contributed by atoms with E-state index in [-0.39, 0.29) is 12.1 Å². The Labute approximate surface area is 200 Å². The largest absolute Gasteiger partial charge is 0.347 e. The van der Waals surface area contributed by atoms with E-state index >= 15 is 0 Å². The van der Waals surface area contributed by atoms with Gasteiger partial charge in [0.05, 0.1) is 24.6 Å². The number of benzene rings is 1. The molecule has 0 spiro atoms. The summed E-state index contributed by atoms with van der Waals surface area (Å²) in [5.74, 6) is -0.537. The van der Waals surface area contributed by atoms with Crippen LogP contribution in [0.3, 0.4) is 0 Å². The zero-order valence-corrected chi connectivity index (χ0v) is 19.6. The summed E-state index contributed by atoms with van der Waals surface area (Å²) < 4.78 is 28.1. The van der Waals surface area contributed by atoms with E-state index in [1.165, 1.54) is 16.9 Å². The Bertz CT molecular complexity index is 1230. The number of halogens is 3. The van der Waals surface area contributed by atoms with Gasteiger partial charge in [0.15, 0.2) is 0 Å². The van der Waals surface area contributed by atoms with E-state index in [0.717, 1.165) is 4.68 Å². The monoisotopic (exact) mass is 490 g/mol. The summed E-state index contributed by atoms with van der Waals surface area (Å²) in [6.07, 6.45) is 1.71. The molecule has 34 heavy (non-hydrogen) atoms. The molecule has 180 valence electrons. The Kier molecular flexibility index (Phi) is 6.81. The Morgan fingerprint density at radius 3 is 2.50 bits per heavy atom.